The molecule has 3 rings (SSSR count). The Balaban J connectivity index is 2.19. The average Bonchev–Trinajstić information content (AvgIpc) is 2.82. The van der Waals surface area contributed by atoms with E-state index in [0.29, 0.717) is 6.07 Å². The lowest BCUT2D eigenvalue weighted by Gasteiger charge is -2.18. The number of carbonyl (C=O) groups is 1. The number of nitrogens with zero attached hydrogens (tertiary/aromatic N) is 1. The highest BCUT2D eigenvalue weighted by Crippen LogP contribution is 2.39. The molecule has 0 bridgehead atoms. The van der Waals surface area contributed by atoms with Crippen molar-refractivity contribution < 1.29 is 50.5 Å². The third kappa shape index (κ3) is 5.78. The zero-order valence-electron chi connectivity index (χ0n) is 18.9. The molecule has 1 heterocycles. The molecular formula is C22H17BrF4N2O7S. The van der Waals surface area contributed by atoms with Crippen LogP contribution >= 0.6 is 15.9 Å². The molecule has 15 heteroatoms. The van der Waals surface area contributed by atoms with Gasteiger partial charge in [0.2, 0.25) is 0 Å². The second-order valence-corrected chi connectivity index (χ2v) is 9.83. The fourth-order valence-corrected chi connectivity index (χ4v) is 5.39. The number of ether oxygens (including phenoxy) is 2. The van der Waals surface area contributed by atoms with E-state index in [-0.39, 0.29) is 26.9 Å². The molecule has 0 saturated carbocycles. The Labute approximate surface area is 215 Å². The van der Waals surface area contributed by atoms with Crippen LogP contribution in [0.2, 0.25) is 0 Å². The Kier molecular flexibility index (Phi) is 8.00. The number of aromatic carboxylic acids is 1. The van der Waals surface area contributed by atoms with E-state index in [4.69, 9.17) is 9.47 Å². The van der Waals surface area contributed by atoms with Gasteiger partial charge in [0.05, 0.1) is 36.6 Å². The van der Waals surface area contributed by atoms with E-state index in [1.807, 2.05) is 0 Å². The molecule has 0 aliphatic heterocycles. The minimum Gasteiger partial charge on any atom is -0.494 e. The molecule has 37 heavy (non-hydrogen) atoms. The molecule has 0 atom stereocenters. The van der Waals surface area contributed by atoms with Crippen LogP contribution in [0, 0.1) is 5.82 Å². The van der Waals surface area contributed by atoms with Crippen LogP contribution < -0.4 is 14.2 Å². The lowest BCUT2D eigenvalue weighted by Crippen LogP contribution is -2.16. The van der Waals surface area contributed by atoms with E-state index in [1.54, 1.807) is 0 Å². The number of rotatable bonds is 8. The number of aliphatic hydroxyl groups excluding tert-OH is 1. The number of pyridine rings is 1. The van der Waals surface area contributed by atoms with E-state index >= 15 is 0 Å². The Bertz CT molecular complexity index is 1480. The predicted molar refractivity (Wildman–Crippen MR) is 126 cm³/mol. The van der Waals surface area contributed by atoms with Crippen LogP contribution in [0.25, 0.3) is 11.1 Å². The van der Waals surface area contributed by atoms with Gasteiger partial charge in [-0.1, -0.05) is 0 Å². The first-order valence-corrected chi connectivity index (χ1v) is 12.2. The molecule has 0 saturated heterocycles. The highest BCUT2D eigenvalue weighted by molar-refractivity contribution is 9.10. The summed E-state index contributed by atoms with van der Waals surface area (Å²) in [5, 5.41) is 18.9. The summed E-state index contributed by atoms with van der Waals surface area (Å²) in [6.07, 6.45) is -4.03. The van der Waals surface area contributed by atoms with Crippen LogP contribution in [0.15, 0.2) is 45.9 Å². The number of aromatic nitrogens is 1. The number of hydrogen-bond donors (Lipinski definition) is 3. The molecule has 3 N–H and O–H groups in total. The third-order valence-electron chi connectivity index (χ3n) is 5.00. The van der Waals surface area contributed by atoms with Gasteiger partial charge in [0.1, 0.15) is 10.6 Å². The summed E-state index contributed by atoms with van der Waals surface area (Å²) in [4.78, 5) is 14.1. The molecule has 0 fully saturated rings. The quantitative estimate of drug-likeness (QED) is 0.314. The minimum atomic E-state index is -4.80. The van der Waals surface area contributed by atoms with Crippen LogP contribution in [0.5, 0.6) is 11.5 Å². The molecule has 0 unspecified atom stereocenters. The van der Waals surface area contributed by atoms with E-state index in [2.05, 4.69) is 25.6 Å². The van der Waals surface area contributed by atoms with Gasteiger partial charge in [0, 0.05) is 11.8 Å². The Morgan fingerprint density at radius 1 is 1.11 bits per heavy atom. The number of sulfonamides is 1. The van der Waals surface area contributed by atoms with Crippen LogP contribution in [-0.4, -0.2) is 43.8 Å². The summed E-state index contributed by atoms with van der Waals surface area (Å²) in [6, 6.07) is 4.45. The van der Waals surface area contributed by atoms with Crippen molar-refractivity contribution in [3.63, 3.8) is 0 Å². The number of halogens is 5. The lowest BCUT2D eigenvalue weighted by molar-refractivity contribution is -0.141. The summed E-state index contributed by atoms with van der Waals surface area (Å²) >= 11 is 3.05. The fraction of sp³-hybridized carbons (Fsp3) is 0.182. The lowest BCUT2D eigenvalue weighted by atomic mass is 10.0. The van der Waals surface area contributed by atoms with Crippen molar-refractivity contribution in [2.45, 2.75) is 17.7 Å². The van der Waals surface area contributed by atoms with Crippen molar-refractivity contribution in [3.05, 3.63) is 63.6 Å². The second kappa shape index (κ2) is 10.5. The van der Waals surface area contributed by atoms with Crippen molar-refractivity contribution in [2.75, 3.05) is 18.9 Å². The van der Waals surface area contributed by atoms with Gasteiger partial charge >= 0.3 is 12.1 Å². The maximum absolute atomic E-state index is 14.9. The number of nitrogens with one attached hydrogen (secondary N) is 1. The molecule has 3 aromatic rings. The first-order valence-electron chi connectivity index (χ1n) is 9.92. The Hall–Kier alpha value is -3.43. The first kappa shape index (κ1) is 28.1. The standard InChI is InChI=1S/C22H17BrF4N2O7S/c1-35-19-14(23)3-11(21(31)32)6-17(19)37(33,34)29-16-5-10(4-15(24)20(16)36-2)13-8-28-18(22(25,26)27)7-12(13)9-30/h3-8,29-30H,9H2,1-2H3,(H,31,32). The Morgan fingerprint density at radius 2 is 1.76 bits per heavy atom. The zero-order chi connectivity index (χ0) is 27.7. The molecule has 0 radical (unpaired) electrons. The number of carboxylic acid groups (broad SMARTS) is 1. The molecule has 9 nitrogen and oxygen atoms in total. The van der Waals surface area contributed by atoms with Gasteiger partial charge in [-0.05, 0) is 57.4 Å². The van der Waals surface area contributed by atoms with Crippen molar-refractivity contribution in [1.29, 1.82) is 0 Å². The number of hydrogen-bond acceptors (Lipinski definition) is 7. The van der Waals surface area contributed by atoms with Crippen molar-refractivity contribution in [3.8, 4) is 22.6 Å². The summed E-state index contributed by atoms with van der Waals surface area (Å²) < 4.78 is 92.7. The molecule has 0 aliphatic carbocycles. The summed E-state index contributed by atoms with van der Waals surface area (Å²) in [5.74, 6) is -3.33. The van der Waals surface area contributed by atoms with E-state index in [1.165, 1.54) is 0 Å². The molecule has 0 aliphatic rings. The zero-order valence-corrected chi connectivity index (χ0v) is 21.3. The highest BCUT2D eigenvalue weighted by atomic mass is 79.9. The van der Waals surface area contributed by atoms with Crippen molar-refractivity contribution in [2.24, 2.45) is 0 Å². The summed E-state index contributed by atoms with van der Waals surface area (Å²) in [5.41, 5.74) is -2.64. The Morgan fingerprint density at radius 3 is 2.30 bits per heavy atom. The molecule has 1 aromatic heterocycles. The smallest absolute Gasteiger partial charge is 0.433 e. The summed E-state index contributed by atoms with van der Waals surface area (Å²) in [7, 11) is -2.45. The second-order valence-electron chi connectivity index (χ2n) is 7.32. The largest absolute Gasteiger partial charge is 0.494 e. The van der Waals surface area contributed by atoms with Gasteiger partial charge in [-0.2, -0.15) is 13.2 Å². The highest BCUT2D eigenvalue weighted by Gasteiger charge is 2.33. The number of carboxylic acids is 1. The van der Waals surface area contributed by atoms with Crippen molar-refractivity contribution >= 4 is 37.6 Å². The normalized spacial score (nSPS) is 11.8. The number of aliphatic hydroxyl groups is 1. The van der Waals surface area contributed by atoms with Crippen LogP contribution in [0.3, 0.4) is 0 Å². The topological polar surface area (TPSA) is 135 Å². The SMILES string of the molecule is COc1c(F)cc(-c2cnc(C(F)(F)F)cc2CO)cc1NS(=O)(=O)c1cc(C(=O)O)cc(Br)c1OC. The average molecular weight is 609 g/mol. The number of anilines is 1. The third-order valence-corrected chi connectivity index (χ3v) is 6.96. The maximum Gasteiger partial charge on any atom is 0.433 e. The van der Waals surface area contributed by atoms with Crippen LogP contribution in [-0.2, 0) is 22.8 Å². The van der Waals surface area contributed by atoms with Gasteiger partial charge < -0.3 is 19.7 Å². The minimum absolute atomic E-state index is 0.00517. The predicted octanol–water partition coefficient (Wildman–Crippen LogP) is 4.68. The van der Waals surface area contributed by atoms with Gasteiger partial charge in [0.15, 0.2) is 17.3 Å². The number of alkyl halides is 3. The van der Waals surface area contributed by atoms with Gasteiger partial charge in [0.25, 0.3) is 10.0 Å². The van der Waals surface area contributed by atoms with Gasteiger partial charge in [-0.3, -0.25) is 9.71 Å². The number of benzene rings is 2. The monoisotopic (exact) mass is 608 g/mol. The van der Waals surface area contributed by atoms with E-state index < -0.39 is 62.2 Å². The maximum atomic E-state index is 14.9. The van der Waals surface area contributed by atoms with E-state index in [0.717, 1.165) is 44.7 Å². The molecule has 198 valence electrons. The molecule has 0 spiro atoms. The first-order chi connectivity index (χ1) is 17.2. The molecule has 2 aromatic carbocycles. The van der Waals surface area contributed by atoms with Gasteiger partial charge in [-0.15, -0.1) is 0 Å². The van der Waals surface area contributed by atoms with Gasteiger partial charge in [-0.25, -0.2) is 17.6 Å². The van der Waals surface area contributed by atoms with Crippen LogP contribution in [0.4, 0.5) is 23.2 Å². The fourth-order valence-electron chi connectivity index (χ4n) is 3.36. The number of methoxy groups -OCH3 is 2. The molecular weight excluding hydrogens is 592 g/mol. The van der Waals surface area contributed by atoms with Crippen LogP contribution in [0.1, 0.15) is 21.6 Å². The summed E-state index contributed by atoms with van der Waals surface area (Å²) in [6.45, 7) is -0.858. The van der Waals surface area contributed by atoms with Crippen molar-refractivity contribution in [1.82, 2.24) is 4.98 Å². The molecule has 0 amide bonds. The van der Waals surface area contributed by atoms with E-state index in [9.17, 15) is 41.0 Å².